The Morgan fingerprint density at radius 3 is 3.00 bits per heavy atom. The molecule has 3 rings (SSSR count). The first-order chi connectivity index (χ1) is 7.83. The molecule has 0 aliphatic heterocycles. The van der Waals surface area contributed by atoms with Crippen LogP contribution in [-0.4, -0.2) is 14.5 Å². The van der Waals surface area contributed by atoms with E-state index in [9.17, 15) is 4.79 Å². The summed E-state index contributed by atoms with van der Waals surface area (Å²) in [5.74, 6) is 0.687. The van der Waals surface area contributed by atoms with Crippen molar-refractivity contribution in [2.24, 2.45) is 0 Å². The highest BCUT2D eigenvalue weighted by atomic mass is 32.1. The molecule has 3 aromatic heterocycles. The molecular formula is C11H9N3OS. The van der Waals surface area contributed by atoms with Crippen molar-refractivity contribution in [3.05, 3.63) is 52.2 Å². The van der Waals surface area contributed by atoms with Crippen LogP contribution in [0.3, 0.4) is 0 Å². The predicted molar refractivity (Wildman–Crippen MR) is 63.8 cm³/mol. The van der Waals surface area contributed by atoms with Gasteiger partial charge in [0.25, 0.3) is 5.56 Å². The van der Waals surface area contributed by atoms with E-state index in [0.717, 1.165) is 5.52 Å². The third-order valence-corrected chi connectivity index (χ3v) is 3.26. The molecule has 0 unspecified atom stereocenters. The SMILES string of the molecule is O=c1[nH]c(Cn2cccc2)nc2ccsc12. The van der Waals surface area contributed by atoms with Crippen LogP contribution in [0.25, 0.3) is 10.2 Å². The van der Waals surface area contributed by atoms with E-state index in [0.29, 0.717) is 17.1 Å². The zero-order valence-electron chi connectivity index (χ0n) is 8.38. The zero-order chi connectivity index (χ0) is 11.0. The minimum Gasteiger partial charge on any atom is -0.347 e. The topological polar surface area (TPSA) is 50.7 Å². The van der Waals surface area contributed by atoms with Crippen LogP contribution in [-0.2, 0) is 6.54 Å². The lowest BCUT2D eigenvalue weighted by atomic mass is 10.4. The molecular weight excluding hydrogens is 222 g/mol. The molecule has 0 aromatic carbocycles. The van der Waals surface area contributed by atoms with Crippen molar-refractivity contribution >= 4 is 21.6 Å². The van der Waals surface area contributed by atoms with Crippen molar-refractivity contribution in [1.29, 1.82) is 0 Å². The maximum absolute atomic E-state index is 11.7. The van der Waals surface area contributed by atoms with Gasteiger partial charge in [-0.1, -0.05) is 0 Å². The first kappa shape index (κ1) is 9.35. The van der Waals surface area contributed by atoms with Gasteiger partial charge in [-0.25, -0.2) is 4.98 Å². The van der Waals surface area contributed by atoms with Gasteiger partial charge in [-0.05, 0) is 23.6 Å². The molecule has 0 saturated carbocycles. The Labute approximate surface area is 95.2 Å². The highest BCUT2D eigenvalue weighted by molar-refractivity contribution is 7.17. The maximum atomic E-state index is 11.7. The summed E-state index contributed by atoms with van der Waals surface area (Å²) in [4.78, 5) is 18.9. The van der Waals surface area contributed by atoms with Crippen molar-refractivity contribution < 1.29 is 0 Å². The fraction of sp³-hybridized carbons (Fsp3) is 0.0909. The van der Waals surface area contributed by atoms with Gasteiger partial charge in [0, 0.05) is 12.4 Å². The van der Waals surface area contributed by atoms with Gasteiger partial charge in [-0.2, -0.15) is 0 Å². The van der Waals surface area contributed by atoms with Gasteiger partial charge in [0.05, 0.1) is 12.1 Å². The second-order valence-electron chi connectivity index (χ2n) is 3.50. The van der Waals surface area contributed by atoms with Crippen LogP contribution < -0.4 is 5.56 Å². The second kappa shape index (κ2) is 3.61. The normalized spacial score (nSPS) is 11.0. The number of aromatic amines is 1. The number of hydrogen-bond donors (Lipinski definition) is 1. The second-order valence-corrected chi connectivity index (χ2v) is 4.42. The Bertz CT molecular complexity index is 666. The first-order valence-electron chi connectivity index (χ1n) is 4.90. The fourth-order valence-corrected chi connectivity index (χ4v) is 2.37. The average molecular weight is 231 g/mol. The van der Waals surface area contributed by atoms with Gasteiger partial charge < -0.3 is 9.55 Å². The van der Waals surface area contributed by atoms with E-state index in [1.54, 1.807) is 0 Å². The fourth-order valence-electron chi connectivity index (χ4n) is 1.65. The summed E-state index contributed by atoms with van der Waals surface area (Å²) in [6.45, 7) is 0.591. The molecule has 0 aliphatic carbocycles. The molecule has 0 atom stereocenters. The van der Waals surface area contributed by atoms with Gasteiger partial charge in [0.15, 0.2) is 0 Å². The van der Waals surface area contributed by atoms with Crippen LogP contribution in [0.15, 0.2) is 40.8 Å². The van der Waals surface area contributed by atoms with Crippen molar-refractivity contribution in [1.82, 2.24) is 14.5 Å². The predicted octanol–water partition coefficient (Wildman–Crippen LogP) is 1.83. The van der Waals surface area contributed by atoms with E-state index in [4.69, 9.17) is 0 Å². The number of nitrogens with zero attached hydrogens (tertiary/aromatic N) is 2. The van der Waals surface area contributed by atoms with Crippen LogP contribution in [0.4, 0.5) is 0 Å². The van der Waals surface area contributed by atoms with Gasteiger partial charge in [-0.3, -0.25) is 4.79 Å². The van der Waals surface area contributed by atoms with Gasteiger partial charge in [0.2, 0.25) is 0 Å². The summed E-state index contributed by atoms with van der Waals surface area (Å²) in [6.07, 6.45) is 3.88. The highest BCUT2D eigenvalue weighted by Crippen LogP contribution is 2.13. The lowest BCUT2D eigenvalue weighted by molar-refractivity contribution is 0.751. The number of rotatable bonds is 2. The quantitative estimate of drug-likeness (QED) is 0.731. The number of aromatic nitrogens is 3. The lowest BCUT2D eigenvalue weighted by Gasteiger charge is -2.01. The van der Waals surface area contributed by atoms with E-state index in [1.807, 2.05) is 40.5 Å². The monoisotopic (exact) mass is 231 g/mol. The third kappa shape index (κ3) is 1.55. The van der Waals surface area contributed by atoms with Crippen molar-refractivity contribution in [3.63, 3.8) is 0 Å². The molecule has 3 heterocycles. The minimum absolute atomic E-state index is 0.0536. The van der Waals surface area contributed by atoms with Crippen molar-refractivity contribution in [2.75, 3.05) is 0 Å². The summed E-state index contributed by atoms with van der Waals surface area (Å²) in [7, 11) is 0. The number of hydrogen-bond acceptors (Lipinski definition) is 3. The Hall–Kier alpha value is -1.88. The van der Waals surface area contributed by atoms with Gasteiger partial charge in [0.1, 0.15) is 10.5 Å². The lowest BCUT2D eigenvalue weighted by Crippen LogP contribution is -2.12. The molecule has 1 N–H and O–H groups in total. The molecule has 0 amide bonds. The summed E-state index contributed by atoms with van der Waals surface area (Å²) >= 11 is 1.42. The Kier molecular flexibility index (Phi) is 2.11. The molecule has 16 heavy (non-hydrogen) atoms. The summed E-state index contributed by atoms with van der Waals surface area (Å²) in [5.41, 5.74) is 0.720. The molecule has 3 aromatic rings. The van der Waals surface area contributed by atoms with Crippen LogP contribution in [0.2, 0.25) is 0 Å². The summed E-state index contributed by atoms with van der Waals surface area (Å²) in [5, 5.41) is 1.88. The third-order valence-electron chi connectivity index (χ3n) is 2.36. The molecule has 0 spiro atoms. The van der Waals surface area contributed by atoms with Crippen LogP contribution in [0, 0.1) is 0 Å². The Morgan fingerprint density at radius 1 is 1.38 bits per heavy atom. The standard InChI is InChI=1S/C11H9N3OS/c15-11-10-8(3-6-16-10)12-9(13-11)7-14-4-1-2-5-14/h1-6H,7H2,(H,12,13,15). The summed E-state index contributed by atoms with van der Waals surface area (Å²) in [6, 6.07) is 5.76. The van der Waals surface area contributed by atoms with Gasteiger partial charge in [-0.15, -0.1) is 11.3 Å². The number of H-pyrrole nitrogens is 1. The minimum atomic E-state index is -0.0536. The summed E-state index contributed by atoms with van der Waals surface area (Å²) < 4.78 is 2.66. The van der Waals surface area contributed by atoms with E-state index >= 15 is 0 Å². The van der Waals surface area contributed by atoms with E-state index in [2.05, 4.69) is 9.97 Å². The first-order valence-corrected chi connectivity index (χ1v) is 5.78. The Balaban J connectivity index is 2.07. The zero-order valence-corrected chi connectivity index (χ0v) is 9.20. The Morgan fingerprint density at radius 2 is 2.19 bits per heavy atom. The average Bonchev–Trinajstić information content (AvgIpc) is 2.87. The maximum Gasteiger partial charge on any atom is 0.268 e. The number of nitrogens with one attached hydrogen (secondary N) is 1. The molecule has 0 aliphatic rings. The number of thiophene rings is 1. The molecule has 4 nitrogen and oxygen atoms in total. The van der Waals surface area contributed by atoms with Crippen molar-refractivity contribution in [3.8, 4) is 0 Å². The number of fused-ring (bicyclic) bond motifs is 1. The molecule has 0 bridgehead atoms. The molecule has 0 fully saturated rings. The van der Waals surface area contributed by atoms with E-state index in [1.165, 1.54) is 11.3 Å². The highest BCUT2D eigenvalue weighted by Gasteiger charge is 2.04. The van der Waals surface area contributed by atoms with Crippen LogP contribution in [0.1, 0.15) is 5.82 Å². The van der Waals surface area contributed by atoms with Crippen molar-refractivity contribution in [2.45, 2.75) is 6.54 Å². The molecule has 5 heteroatoms. The smallest absolute Gasteiger partial charge is 0.268 e. The van der Waals surface area contributed by atoms with E-state index in [-0.39, 0.29) is 5.56 Å². The molecule has 0 radical (unpaired) electrons. The van der Waals surface area contributed by atoms with E-state index < -0.39 is 0 Å². The van der Waals surface area contributed by atoms with Gasteiger partial charge >= 0.3 is 0 Å². The largest absolute Gasteiger partial charge is 0.347 e. The molecule has 80 valence electrons. The van der Waals surface area contributed by atoms with Crippen LogP contribution >= 0.6 is 11.3 Å². The van der Waals surface area contributed by atoms with Crippen LogP contribution in [0.5, 0.6) is 0 Å². The molecule has 0 saturated heterocycles.